The van der Waals surface area contributed by atoms with E-state index in [9.17, 15) is 20.1 Å². The molecule has 1 aliphatic heterocycles. The topological polar surface area (TPSA) is 105 Å². The maximum absolute atomic E-state index is 11.5. The Balaban J connectivity index is 1.80. The minimum atomic E-state index is -1.40. The summed E-state index contributed by atoms with van der Waals surface area (Å²) < 4.78 is 16.8. The number of aromatic hydroxyl groups is 1. The number of esters is 1. The molecule has 0 amide bonds. The molecule has 3 N–H and O–H groups in total. The van der Waals surface area contributed by atoms with Crippen LogP contribution in [0.15, 0.2) is 11.6 Å². The van der Waals surface area contributed by atoms with Gasteiger partial charge in [-0.05, 0) is 74.5 Å². The molecular weight excluding hydrogens is 436 g/mol. The van der Waals surface area contributed by atoms with Crippen molar-refractivity contribution in [3.8, 4) is 11.5 Å². The summed E-state index contributed by atoms with van der Waals surface area (Å²) in [6, 6.07) is 0. The van der Waals surface area contributed by atoms with Gasteiger partial charge >= 0.3 is 5.97 Å². The normalized spacial score (nSPS) is 34.7. The summed E-state index contributed by atoms with van der Waals surface area (Å²) in [4.78, 5) is 11.5. The first-order chi connectivity index (χ1) is 16.0. The number of aliphatic hydroxyl groups excluding tert-OH is 2. The first kappa shape index (κ1) is 25.0. The summed E-state index contributed by atoms with van der Waals surface area (Å²) in [5.41, 5.74) is 5.50. The zero-order valence-corrected chi connectivity index (χ0v) is 21.0. The second-order valence-corrected chi connectivity index (χ2v) is 10.6. The SMILES string of the molecule is CC(=O)OC1C(O)COC(Oc2c(C)c3c4c(c2O)[C@@H](C)CC[C@@H]4[C@@H](C)C[C@H]3C=C(C)C)C1O. The molecule has 0 aromatic heterocycles. The van der Waals surface area contributed by atoms with E-state index in [1.54, 1.807) is 0 Å². The van der Waals surface area contributed by atoms with Crippen molar-refractivity contribution in [2.75, 3.05) is 6.61 Å². The number of phenolic OH excluding ortho intramolecular Hbond substituents is 1. The maximum Gasteiger partial charge on any atom is 0.303 e. The van der Waals surface area contributed by atoms with Gasteiger partial charge in [0.05, 0.1) is 6.61 Å². The van der Waals surface area contributed by atoms with Crippen LogP contribution >= 0.6 is 0 Å². The molecule has 1 aromatic carbocycles. The maximum atomic E-state index is 11.5. The molecular formula is C27H38O7. The lowest BCUT2D eigenvalue weighted by Gasteiger charge is -2.44. The van der Waals surface area contributed by atoms with Crippen LogP contribution in [0.25, 0.3) is 0 Å². The lowest BCUT2D eigenvalue weighted by molar-refractivity contribution is -0.249. The lowest BCUT2D eigenvalue weighted by Crippen LogP contribution is -2.56. The molecule has 188 valence electrons. The summed E-state index contributed by atoms with van der Waals surface area (Å²) >= 11 is 0. The number of ether oxygens (including phenoxy) is 3. The molecule has 0 radical (unpaired) electrons. The fourth-order valence-corrected chi connectivity index (χ4v) is 6.27. The van der Waals surface area contributed by atoms with Crippen molar-refractivity contribution in [2.24, 2.45) is 5.92 Å². The van der Waals surface area contributed by atoms with E-state index in [4.69, 9.17) is 14.2 Å². The van der Waals surface area contributed by atoms with E-state index in [0.717, 1.165) is 30.4 Å². The van der Waals surface area contributed by atoms with Gasteiger partial charge in [-0.1, -0.05) is 25.5 Å². The smallest absolute Gasteiger partial charge is 0.303 e. The van der Waals surface area contributed by atoms with Crippen molar-refractivity contribution in [3.63, 3.8) is 0 Å². The fourth-order valence-electron chi connectivity index (χ4n) is 6.27. The average molecular weight is 475 g/mol. The Hall–Kier alpha value is -2.09. The molecule has 1 saturated heterocycles. The predicted molar refractivity (Wildman–Crippen MR) is 127 cm³/mol. The van der Waals surface area contributed by atoms with E-state index >= 15 is 0 Å². The number of hydrogen-bond acceptors (Lipinski definition) is 7. The summed E-state index contributed by atoms with van der Waals surface area (Å²) in [5.74, 6) is 1.10. The summed E-state index contributed by atoms with van der Waals surface area (Å²) in [5, 5.41) is 32.4. The Kier molecular flexibility index (Phi) is 7.00. The van der Waals surface area contributed by atoms with Crippen LogP contribution < -0.4 is 4.74 Å². The number of carbonyl (C=O) groups excluding carboxylic acids is 1. The van der Waals surface area contributed by atoms with Crippen LogP contribution in [-0.2, 0) is 14.3 Å². The Morgan fingerprint density at radius 2 is 1.79 bits per heavy atom. The van der Waals surface area contributed by atoms with Crippen LogP contribution in [0, 0.1) is 12.8 Å². The van der Waals surface area contributed by atoms with Gasteiger partial charge in [0.15, 0.2) is 23.7 Å². The first-order valence-corrected chi connectivity index (χ1v) is 12.4. The highest BCUT2D eigenvalue weighted by Gasteiger charge is 2.45. The number of phenols is 1. The van der Waals surface area contributed by atoms with E-state index in [1.807, 2.05) is 6.92 Å². The molecule has 1 heterocycles. The van der Waals surface area contributed by atoms with E-state index in [0.29, 0.717) is 17.6 Å². The van der Waals surface area contributed by atoms with Gasteiger partial charge in [0.1, 0.15) is 6.10 Å². The van der Waals surface area contributed by atoms with Gasteiger partial charge in [0.2, 0.25) is 6.29 Å². The Morgan fingerprint density at radius 1 is 1.09 bits per heavy atom. The lowest BCUT2D eigenvalue weighted by atomic mass is 9.62. The zero-order valence-electron chi connectivity index (χ0n) is 21.0. The van der Waals surface area contributed by atoms with Crippen molar-refractivity contribution in [1.29, 1.82) is 0 Å². The van der Waals surface area contributed by atoms with Crippen LogP contribution in [0.4, 0.5) is 0 Å². The van der Waals surface area contributed by atoms with Crippen molar-refractivity contribution in [3.05, 3.63) is 33.9 Å². The summed E-state index contributed by atoms with van der Waals surface area (Å²) in [6.07, 6.45) is 0.502. The van der Waals surface area contributed by atoms with Gasteiger partial charge in [0, 0.05) is 18.4 Å². The number of allylic oxidation sites excluding steroid dienone is 2. The fraction of sp³-hybridized carbons (Fsp3) is 0.667. The minimum Gasteiger partial charge on any atom is -0.504 e. The second-order valence-electron chi connectivity index (χ2n) is 10.6. The van der Waals surface area contributed by atoms with Crippen LogP contribution in [-0.4, -0.2) is 52.5 Å². The Bertz CT molecular complexity index is 980. The molecule has 34 heavy (non-hydrogen) atoms. The molecule has 1 aromatic rings. The van der Waals surface area contributed by atoms with E-state index in [-0.39, 0.29) is 24.2 Å². The molecule has 7 nitrogen and oxygen atoms in total. The summed E-state index contributed by atoms with van der Waals surface area (Å²) in [7, 11) is 0. The molecule has 0 saturated carbocycles. The van der Waals surface area contributed by atoms with E-state index in [2.05, 4.69) is 33.8 Å². The van der Waals surface area contributed by atoms with Crippen LogP contribution in [0.1, 0.15) is 93.9 Å². The molecule has 4 rings (SSSR count). The van der Waals surface area contributed by atoms with Crippen LogP contribution in [0.5, 0.6) is 11.5 Å². The molecule has 2 aliphatic carbocycles. The molecule has 3 aliphatic rings. The highest BCUT2D eigenvalue weighted by Crippen LogP contribution is 2.58. The Labute approximate surface area is 201 Å². The Morgan fingerprint density at radius 3 is 2.44 bits per heavy atom. The van der Waals surface area contributed by atoms with Gasteiger partial charge in [0.25, 0.3) is 0 Å². The third-order valence-electron chi connectivity index (χ3n) is 7.75. The molecule has 4 unspecified atom stereocenters. The number of aliphatic hydroxyl groups is 2. The van der Waals surface area contributed by atoms with E-state index in [1.165, 1.54) is 23.6 Å². The first-order valence-electron chi connectivity index (χ1n) is 12.4. The molecule has 7 heteroatoms. The van der Waals surface area contributed by atoms with Crippen molar-refractivity contribution < 1.29 is 34.3 Å². The molecule has 8 atom stereocenters. The van der Waals surface area contributed by atoms with Crippen molar-refractivity contribution in [1.82, 2.24) is 0 Å². The van der Waals surface area contributed by atoms with Crippen LogP contribution in [0.3, 0.4) is 0 Å². The third kappa shape index (κ3) is 4.34. The van der Waals surface area contributed by atoms with Gasteiger partial charge < -0.3 is 29.5 Å². The van der Waals surface area contributed by atoms with Gasteiger partial charge in [-0.2, -0.15) is 0 Å². The molecule has 0 spiro atoms. The number of hydrogen-bond donors (Lipinski definition) is 3. The minimum absolute atomic E-state index is 0.101. The van der Waals surface area contributed by atoms with Gasteiger partial charge in [-0.15, -0.1) is 0 Å². The van der Waals surface area contributed by atoms with Gasteiger partial charge in [-0.3, -0.25) is 4.79 Å². The monoisotopic (exact) mass is 474 g/mol. The highest BCUT2D eigenvalue weighted by molar-refractivity contribution is 5.66. The number of rotatable bonds is 4. The van der Waals surface area contributed by atoms with Crippen LogP contribution in [0.2, 0.25) is 0 Å². The molecule has 1 fully saturated rings. The quantitative estimate of drug-likeness (QED) is 0.444. The van der Waals surface area contributed by atoms with Gasteiger partial charge in [-0.25, -0.2) is 0 Å². The largest absolute Gasteiger partial charge is 0.504 e. The summed E-state index contributed by atoms with van der Waals surface area (Å²) in [6.45, 7) is 11.7. The van der Waals surface area contributed by atoms with E-state index < -0.39 is 30.6 Å². The van der Waals surface area contributed by atoms with Crippen molar-refractivity contribution >= 4 is 5.97 Å². The second kappa shape index (κ2) is 9.51. The van der Waals surface area contributed by atoms with Crippen molar-refractivity contribution in [2.45, 2.75) is 103 Å². The highest BCUT2D eigenvalue weighted by atomic mass is 16.7. The average Bonchev–Trinajstić information content (AvgIpc) is 2.74. The number of carbonyl (C=O) groups is 1. The number of benzene rings is 1. The standard InChI is InChI=1S/C27H38O7/c1-12(2)9-17-10-14(4)18-8-7-13(3)20-22(18)21(17)15(5)25(23(20)30)34-27-24(31)26(33-16(6)28)19(29)11-32-27/h9,13-14,17-19,24,26-27,29-31H,7-8,10-11H2,1-6H3/t13-,14-,17+,18+,19?,24?,26?,27?/m0/s1. The molecule has 0 bridgehead atoms. The third-order valence-corrected chi connectivity index (χ3v) is 7.75. The predicted octanol–water partition coefficient (Wildman–Crippen LogP) is 4.16. The zero-order chi connectivity index (χ0) is 24.9.